The quantitative estimate of drug-likeness (QED) is 0.716. The fourth-order valence-corrected chi connectivity index (χ4v) is 2.12. The predicted octanol–water partition coefficient (Wildman–Crippen LogP) is 2.94. The molecule has 0 amide bonds. The second-order valence-corrected chi connectivity index (χ2v) is 5.02. The van der Waals surface area contributed by atoms with E-state index in [2.05, 4.69) is 51.6 Å². The van der Waals surface area contributed by atoms with E-state index in [1.807, 2.05) is 0 Å². The van der Waals surface area contributed by atoms with Crippen LogP contribution in [0.3, 0.4) is 0 Å². The van der Waals surface area contributed by atoms with Crippen LogP contribution >= 0.6 is 0 Å². The Labute approximate surface area is 97.6 Å². The van der Waals surface area contributed by atoms with E-state index in [9.17, 15) is 0 Å². The van der Waals surface area contributed by atoms with Crippen molar-refractivity contribution in [2.24, 2.45) is 5.41 Å². The molecule has 0 saturated carbocycles. The van der Waals surface area contributed by atoms with Gasteiger partial charge >= 0.3 is 0 Å². The van der Waals surface area contributed by atoms with E-state index < -0.39 is 0 Å². The van der Waals surface area contributed by atoms with E-state index in [4.69, 9.17) is 0 Å². The summed E-state index contributed by atoms with van der Waals surface area (Å²) in [5.74, 6) is 0. The molecular weight excluding hydrogens is 184 g/mol. The summed E-state index contributed by atoms with van der Waals surface area (Å²) in [4.78, 5) is 4.77. The van der Waals surface area contributed by atoms with Crippen LogP contribution in [-0.4, -0.2) is 50.1 Å². The Morgan fingerprint density at radius 2 is 1.60 bits per heavy atom. The largest absolute Gasteiger partial charge is 0.306 e. The molecule has 2 nitrogen and oxygen atoms in total. The van der Waals surface area contributed by atoms with Crippen molar-refractivity contribution in [1.29, 1.82) is 0 Å². The lowest BCUT2D eigenvalue weighted by molar-refractivity contribution is 0.0133. The highest BCUT2D eigenvalue weighted by atomic mass is 15.2. The highest BCUT2D eigenvalue weighted by Gasteiger charge is 2.36. The molecule has 0 unspecified atom stereocenters. The molecular formula is C13H32N2. The summed E-state index contributed by atoms with van der Waals surface area (Å²) in [5.41, 5.74) is 0.569. The Morgan fingerprint density at radius 1 is 1.20 bits per heavy atom. The third-order valence-corrected chi connectivity index (χ3v) is 2.49. The van der Waals surface area contributed by atoms with Crippen LogP contribution in [0.4, 0.5) is 0 Å². The van der Waals surface area contributed by atoms with Gasteiger partial charge in [-0.05, 0) is 20.6 Å². The molecule has 0 aromatic rings. The molecule has 2 heteroatoms. The first-order valence-electron chi connectivity index (χ1n) is 5.84. The maximum atomic E-state index is 2.40. The minimum absolute atomic E-state index is 0. The van der Waals surface area contributed by atoms with Crippen molar-refractivity contribution in [3.05, 3.63) is 0 Å². The van der Waals surface area contributed by atoms with Gasteiger partial charge in [-0.2, -0.15) is 0 Å². The van der Waals surface area contributed by atoms with Crippen LogP contribution in [0, 0.1) is 5.41 Å². The molecule has 1 fully saturated rings. The second-order valence-electron chi connectivity index (χ2n) is 5.02. The van der Waals surface area contributed by atoms with Crippen LogP contribution < -0.4 is 0 Å². The highest BCUT2D eigenvalue weighted by molar-refractivity contribution is 4.91. The molecule has 1 saturated heterocycles. The first-order chi connectivity index (χ1) is 6.47. The molecule has 0 aliphatic carbocycles. The summed E-state index contributed by atoms with van der Waals surface area (Å²) in [6.07, 6.45) is 1.25. The third-order valence-electron chi connectivity index (χ3n) is 2.49. The molecule has 1 aliphatic rings. The molecule has 1 heterocycles. The van der Waals surface area contributed by atoms with Crippen molar-refractivity contribution in [3.8, 4) is 0 Å². The normalized spacial score (nSPS) is 18.6. The molecule has 0 aromatic heterocycles. The molecule has 94 valence electrons. The number of hydrogen-bond donors (Lipinski definition) is 0. The lowest BCUT2D eigenvalue weighted by Crippen LogP contribution is -2.57. The Hall–Kier alpha value is -0.0800. The van der Waals surface area contributed by atoms with Crippen molar-refractivity contribution in [2.45, 2.75) is 41.5 Å². The zero-order chi connectivity index (χ0) is 11.2. The minimum Gasteiger partial charge on any atom is -0.306 e. The lowest BCUT2D eigenvalue weighted by Gasteiger charge is -2.48. The molecule has 0 atom stereocenters. The van der Waals surface area contributed by atoms with E-state index in [1.54, 1.807) is 0 Å². The van der Waals surface area contributed by atoms with Gasteiger partial charge in [0.1, 0.15) is 0 Å². The van der Waals surface area contributed by atoms with Gasteiger partial charge in [0.05, 0.1) is 0 Å². The Kier molecular flexibility index (Phi) is 9.37. The zero-order valence-electron chi connectivity index (χ0n) is 10.9. The van der Waals surface area contributed by atoms with E-state index in [0.29, 0.717) is 5.41 Å². The van der Waals surface area contributed by atoms with Crippen molar-refractivity contribution >= 4 is 0 Å². The SMILES string of the molecule is C.CCC.CCN(C)CC1(C)CN(C)C1. The monoisotopic (exact) mass is 216 g/mol. The first kappa shape index (κ1) is 17.3. The van der Waals surface area contributed by atoms with E-state index in [1.165, 1.54) is 32.6 Å². The molecule has 0 radical (unpaired) electrons. The average Bonchev–Trinajstić information content (AvgIpc) is 2.03. The van der Waals surface area contributed by atoms with Crippen LogP contribution in [0.5, 0.6) is 0 Å². The summed E-state index contributed by atoms with van der Waals surface area (Å²) in [5, 5.41) is 0. The molecule has 0 bridgehead atoms. The van der Waals surface area contributed by atoms with Gasteiger partial charge in [-0.1, -0.05) is 41.5 Å². The topological polar surface area (TPSA) is 6.48 Å². The van der Waals surface area contributed by atoms with Crippen molar-refractivity contribution < 1.29 is 0 Å². The third kappa shape index (κ3) is 6.91. The molecule has 1 rings (SSSR count). The summed E-state index contributed by atoms with van der Waals surface area (Å²) < 4.78 is 0. The Bertz CT molecular complexity index is 139. The van der Waals surface area contributed by atoms with Gasteiger partial charge < -0.3 is 9.80 Å². The van der Waals surface area contributed by atoms with Crippen molar-refractivity contribution in [2.75, 3.05) is 40.3 Å². The summed E-state index contributed by atoms with van der Waals surface area (Å²) in [6, 6.07) is 0. The van der Waals surface area contributed by atoms with Gasteiger partial charge in [0.25, 0.3) is 0 Å². The maximum absolute atomic E-state index is 2.40. The average molecular weight is 216 g/mol. The molecule has 0 N–H and O–H groups in total. The van der Waals surface area contributed by atoms with Gasteiger partial charge in [-0.25, -0.2) is 0 Å². The smallest absolute Gasteiger partial charge is 0.00571 e. The number of nitrogens with zero attached hydrogens (tertiary/aromatic N) is 2. The summed E-state index contributed by atoms with van der Waals surface area (Å²) >= 11 is 0. The van der Waals surface area contributed by atoms with Gasteiger partial charge in [0.15, 0.2) is 0 Å². The standard InChI is InChI=1S/C9H20N2.C3H8.CH4/c1-5-10(3)6-9(2)7-11(4)8-9;1-3-2;/h5-8H2,1-4H3;3H2,1-2H3;1H4. The summed E-state index contributed by atoms with van der Waals surface area (Å²) in [7, 11) is 4.39. The predicted molar refractivity (Wildman–Crippen MR) is 71.5 cm³/mol. The fraction of sp³-hybridized carbons (Fsp3) is 1.00. The second kappa shape index (κ2) is 8.12. The van der Waals surface area contributed by atoms with Gasteiger partial charge in [-0.3, -0.25) is 0 Å². The van der Waals surface area contributed by atoms with Crippen molar-refractivity contribution in [3.63, 3.8) is 0 Å². The summed E-state index contributed by atoms with van der Waals surface area (Å²) in [6.45, 7) is 13.8. The molecule has 0 spiro atoms. The van der Waals surface area contributed by atoms with Crippen LogP contribution in [0.1, 0.15) is 41.5 Å². The fourth-order valence-electron chi connectivity index (χ4n) is 2.12. The highest BCUT2D eigenvalue weighted by Crippen LogP contribution is 2.28. The zero-order valence-corrected chi connectivity index (χ0v) is 10.9. The number of likely N-dealkylation sites (tertiary alicyclic amines) is 1. The van der Waals surface area contributed by atoms with Gasteiger partial charge in [-0.15, -0.1) is 0 Å². The lowest BCUT2D eigenvalue weighted by atomic mass is 9.82. The minimum atomic E-state index is 0. The number of hydrogen-bond acceptors (Lipinski definition) is 2. The number of rotatable bonds is 3. The molecule has 0 aromatic carbocycles. The van der Waals surface area contributed by atoms with E-state index in [0.717, 1.165) is 0 Å². The van der Waals surface area contributed by atoms with E-state index in [-0.39, 0.29) is 7.43 Å². The van der Waals surface area contributed by atoms with Crippen LogP contribution in [0.2, 0.25) is 0 Å². The Morgan fingerprint density at radius 3 is 1.87 bits per heavy atom. The van der Waals surface area contributed by atoms with Gasteiger partial charge in [0, 0.05) is 25.0 Å². The van der Waals surface area contributed by atoms with Crippen LogP contribution in [-0.2, 0) is 0 Å². The molecule has 1 aliphatic heterocycles. The molecule has 15 heavy (non-hydrogen) atoms. The van der Waals surface area contributed by atoms with Gasteiger partial charge in [0.2, 0.25) is 0 Å². The maximum Gasteiger partial charge on any atom is 0.00571 e. The van der Waals surface area contributed by atoms with Crippen molar-refractivity contribution in [1.82, 2.24) is 9.80 Å². The first-order valence-corrected chi connectivity index (χ1v) is 5.84. The van der Waals surface area contributed by atoms with Crippen LogP contribution in [0.25, 0.3) is 0 Å². The van der Waals surface area contributed by atoms with Crippen LogP contribution in [0.15, 0.2) is 0 Å². The van der Waals surface area contributed by atoms with E-state index >= 15 is 0 Å². The Balaban J connectivity index is 0.